The molecule has 0 saturated heterocycles. The van der Waals surface area contributed by atoms with Gasteiger partial charge in [0.2, 0.25) is 0 Å². The van der Waals surface area contributed by atoms with Crippen LogP contribution in [0.15, 0.2) is 33.8 Å². The number of nitrogens with two attached hydrogens (primary N) is 1. The van der Waals surface area contributed by atoms with E-state index in [1.807, 2.05) is 0 Å². The van der Waals surface area contributed by atoms with Gasteiger partial charge in [-0.05, 0) is 64.3 Å². The highest BCUT2D eigenvalue weighted by Crippen LogP contribution is 2.46. The third-order valence-corrected chi connectivity index (χ3v) is 10.6. The minimum Gasteiger partial charge on any atom is -0.386 e. The molecule has 0 aliphatic carbocycles. The molecule has 3 atom stereocenters. The molecule has 0 spiro atoms. The molecule has 2 aliphatic heterocycles. The average Bonchev–Trinajstić information content (AvgIpc) is 2.97. The molecule has 0 unspecified atom stereocenters. The number of aromatic nitrogens is 2. The second-order valence-electron chi connectivity index (χ2n) is 9.36. The number of amides is 1. The molecule has 4 rings (SSSR count). The van der Waals surface area contributed by atoms with Crippen LogP contribution in [0, 0.1) is 12.7 Å². The van der Waals surface area contributed by atoms with Crippen LogP contribution < -0.4 is 11.1 Å². The lowest BCUT2D eigenvalue weighted by Crippen LogP contribution is -2.59. The summed E-state index contributed by atoms with van der Waals surface area (Å²) in [6.07, 6.45) is 3.50. The summed E-state index contributed by atoms with van der Waals surface area (Å²) in [4.78, 5) is 26.0. The Kier molecular flexibility index (Phi) is 6.18. The molecule has 0 fully saturated rings. The van der Waals surface area contributed by atoms with Gasteiger partial charge < -0.3 is 11.1 Å². The molecule has 2 aromatic heterocycles. The SMILES string of the molecule is Cc1cc(Cl)cnc1C(=O)Nc1ccc(F)c([C@@]2(C)N=C(N)C(C)(C)[S@]3(=O)=NCCCC[C@H]23)n1. The van der Waals surface area contributed by atoms with Gasteiger partial charge in [-0.25, -0.2) is 22.9 Å². The van der Waals surface area contributed by atoms with Crippen LogP contribution in [0.3, 0.4) is 0 Å². The van der Waals surface area contributed by atoms with Crippen LogP contribution in [-0.4, -0.2) is 42.5 Å². The summed E-state index contributed by atoms with van der Waals surface area (Å²) in [6, 6.07) is 4.20. The number of fused-ring (bicyclic) bond motifs is 1. The summed E-state index contributed by atoms with van der Waals surface area (Å²) in [5.74, 6) is -0.859. The first-order chi connectivity index (χ1) is 15.9. The number of hydrogen-bond acceptors (Lipinski definition) is 7. The summed E-state index contributed by atoms with van der Waals surface area (Å²) in [5.41, 5.74) is 5.74. The Labute approximate surface area is 203 Å². The van der Waals surface area contributed by atoms with Crippen molar-refractivity contribution in [3.63, 3.8) is 0 Å². The number of halogens is 2. The van der Waals surface area contributed by atoms with Gasteiger partial charge in [0.25, 0.3) is 5.91 Å². The lowest BCUT2D eigenvalue weighted by atomic mass is 9.88. The Morgan fingerprint density at radius 1 is 1.29 bits per heavy atom. The fourth-order valence-electron chi connectivity index (χ4n) is 4.63. The fraction of sp³-hybridized carbons (Fsp3) is 0.478. The molecule has 11 heteroatoms. The van der Waals surface area contributed by atoms with Gasteiger partial charge >= 0.3 is 0 Å². The third kappa shape index (κ3) is 3.86. The van der Waals surface area contributed by atoms with Crippen LogP contribution in [0.25, 0.3) is 0 Å². The quantitative estimate of drug-likeness (QED) is 0.645. The van der Waals surface area contributed by atoms with Crippen LogP contribution in [0.2, 0.25) is 5.02 Å². The molecule has 34 heavy (non-hydrogen) atoms. The van der Waals surface area contributed by atoms with Crippen molar-refractivity contribution in [3.05, 3.63) is 52.2 Å². The Bertz CT molecular complexity index is 1320. The van der Waals surface area contributed by atoms with Crippen molar-refractivity contribution in [2.45, 2.75) is 62.5 Å². The minimum absolute atomic E-state index is 0.0284. The van der Waals surface area contributed by atoms with E-state index in [0.717, 1.165) is 12.8 Å². The van der Waals surface area contributed by atoms with E-state index < -0.39 is 37.0 Å². The second kappa shape index (κ2) is 8.57. The Hall–Kier alpha value is -2.59. The predicted octanol–water partition coefficient (Wildman–Crippen LogP) is 4.21. The van der Waals surface area contributed by atoms with E-state index in [1.165, 1.54) is 18.3 Å². The molecule has 182 valence electrons. The zero-order valence-electron chi connectivity index (χ0n) is 19.6. The third-order valence-electron chi connectivity index (χ3n) is 6.70. The zero-order chi connectivity index (χ0) is 24.9. The molecule has 2 aromatic rings. The van der Waals surface area contributed by atoms with E-state index in [-0.39, 0.29) is 23.0 Å². The number of pyridine rings is 2. The monoisotopic (exact) mass is 506 g/mol. The maximum Gasteiger partial charge on any atom is 0.275 e. The summed E-state index contributed by atoms with van der Waals surface area (Å²) in [5, 5.41) is 2.50. The van der Waals surface area contributed by atoms with Crippen LogP contribution in [0.4, 0.5) is 10.2 Å². The molecule has 3 N–H and O–H groups in total. The lowest BCUT2D eigenvalue weighted by Gasteiger charge is -2.45. The van der Waals surface area contributed by atoms with E-state index in [4.69, 9.17) is 17.3 Å². The number of nitrogens with one attached hydrogen (secondary N) is 1. The number of aliphatic imine (C=N–C) groups is 1. The number of aryl methyl sites for hydroxylation is 1. The fourth-order valence-corrected chi connectivity index (χ4v) is 8.08. The zero-order valence-corrected chi connectivity index (χ0v) is 21.1. The highest BCUT2D eigenvalue weighted by atomic mass is 35.5. The molecule has 2 aliphatic rings. The van der Waals surface area contributed by atoms with Crippen molar-refractivity contribution in [1.29, 1.82) is 0 Å². The molecule has 8 nitrogen and oxygen atoms in total. The van der Waals surface area contributed by atoms with Gasteiger partial charge in [0.05, 0.1) is 20.0 Å². The lowest BCUT2D eigenvalue weighted by molar-refractivity contribution is 0.102. The summed E-state index contributed by atoms with van der Waals surface area (Å²) in [6.45, 7) is 7.42. The number of anilines is 1. The van der Waals surface area contributed by atoms with Crippen molar-refractivity contribution in [2.24, 2.45) is 15.1 Å². The summed E-state index contributed by atoms with van der Waals surface area (Å²) in [7, 11) is -2.90. The molecular formula is C23H28ClFN6O2S. The first-order valence-electron chi connectivity index (χ1n) is 11.1. The minimum atomic E-state index is -2.90. The number of hydrogen-bond donors (Lipinski definition) is 2. The van der Waals surface area contributed by atoms with Crippen molar-refractivity contribution < 1.29 is 13.4 Å². The van der Waals surface area contributed by atoms with E-state index in [0.29, 0.717) is 23.6 Å². The summed E-state index contributed by atoms with van der Waals surface area (Å²) < 4.78 is 33.2. The van der Waals surface area contributed by atoms with Crippen molar-refractivity contribution in [3.8, 4) is 0 Å². The van der Waals surface area contributed by atoms with Crippen LogP contribution >= 0.6 is 11.6 Å². The van der Waals surface area contributed by atoms with E-state index in [2.05, 4.69) is 24.6 Å². The maximum absolute atomic E-state index is 15.2. The van der Waals surface area contributed by atoms with E-state index >= 15 is 4.39 Å². The van der Waals surface area contributed by atoms with Crippen molar-refractivity contribution >= 4 is 38.9 Å². The number of rotatable bonds is 3. The van der Waals surface area contributed by atoms with Crippen LogP contribution in [0.5, 0.6) is 0 Å². The highest BCUT2D eigenvalue weighted by molar-refractivity contribution is 7.96. The smallest absolute Gasteiger partial charge is 0.275 e. The van der Waals surface area contributed by atoms with Gasteiger partial charge in [0.15, 0.2) is 0 Å². The normalized spacial score (nSPS) is 28.2. The van der Waals surface area contributed by atoms with Gasteiger partial charge in [-0.15, -0.1) is 0 Å². The number of carbonyl (C=O) groups excluding carboxylic acids is 1. The highest BCUT2D eigenvalue weighted by Gasteiger charge is 2.56. The van der Waals surface area contributed by atoms with Crippen LogP contribution in [-0.2, 0) is 15.3 Å². The van der Waals surface area contributed by atoms with Crippen molar-refractivity contribution in [1.82, 2.24) is 9.97 Å². The molecule has 4 heterocycles. The molecule has 0 saturated carbocycles. The van der Waals surface area contributed by atoms with Gasteiger partial charge in [0, 0.05) is 12.7 Å². The number of amidine groups is 1. The molecule has 0 bridgehead atoms. The van der Waals surface area contributed by atoms with Gasteiger partial charge in [0.1, 0.15) is 39.1 Å². The number of carbonyl (C=O) groups is 1. The summed E-state index contributed by atoms with van der Waals surface area (Å²) >= 11 is 5.93. The molecule has 0 radical (unpaired) electrons. The largest absolute Gasteiger partial charge is 0.386 e. The Morgan fingerprint density at radius 3 is 2.74 bits per heavy atom. The number of nitrogens with zero attached hydrogens (tertiary/aromatic N) is 4. The second-order valence-corrected chi connectivity index (χ2v) is 12.8. The first-order valence-corrected chi connectivity index (χ1v) is 13.0. The van der Waals surface area contributed by atoms with Gasteiger partial charge in [-0.3, -0.25) is 9.79 Å². The van der Waals surface area contributed by atoms with Gasteiger partial charge in [-0.2, -0.15) is 0 Å². The van der Waals surface area contributed by atoms with E-state index in [9.17, 15) is 9.00 Å². The molecule has 0 aromatic carbocycles. The maximum atomic E-state index is 15.2. The van der Waals surface area contributed by atoms with E-state index in [1.54, 1.807) is 33.8 Å². The van der Waals surface area contributed by atoms with Crippen molar-refractivity contribution in [2.75, 3.05) is 11.9 Å². The predicted molar refractivity (Wildman–Crippen MR) is 132 cm³/mol. The average molecular weight is 507 g/mol. The first kappa shape index (κ1) is 24.5. The Balaban J connectivity index is 1.80. The topological polar surface area (TPSA) is 123 Å². The standard InChI is InChI=1S/C23H28ClFN6O2S/c1-13-11-14(24)12-27-18(13)20(32)30-17-9-8-15(25)19(29-17)23(4)16-7-5-6-10-28-34(16,33)22(2,3)21(26)31-23/h8-9,11-12,16H,5-7,10H2,1-4H3,(H2,26,31)(H,29,30,32)/t16-,23+,34+/m1/s1. The van der Waals surface area contributed by atoms with Gasteiger partial charge in [-0.1, -0.05) is 18.0 Å². The Morgan fingerprint density at radius 2 is 2.03 bits per heavy atom. The van der Waals surface area contributed by atoms with Crippen LogP contribution in [0.1, 0.15) is 61.8 Å². The molecular weight excluding hydrogens is 479 g/mol. The molecule has 1 amide bonds.